The van der Waals surface area contributed by atoms with Gasteiger partial charge >= 0.3 is 0 Å². The van der Waals surface area contributed by atoms with E-state index in [2.05, 4.69) is 0 Å². The van der Waals surface area contributed by atoms with E-state index < -0.39 is 0 Å². The van der Waals surface area contributed by atoms with E-state index in [1.165, 1.54) is 0 Å². The molecule has 0 heterocycles. The molecule has 0 aromatic heterocycles. The molecule has 1 atom stereocenters. The van der Waals surface area contributed by atoms with Crippen molar-refractivity contribution in [2.24, 2.45) is 0 Å². The summed E-state index contributed by atoms with van der Waals surface area (Å²) in [4.78, 5) is 0. The summed E-state index contributed by atoms with van der Waals surface area (Å²) in [5, 5.41) is 10.8. The van der Waals surface area contributed by atoms with E-state index in [0.29, 0.717) is 10.0 Å². The molecule has 0 radical (unpaired) electrons. The Bertz CT molecular complexity index is 323. The monoisotopic (exact) mass is 202 g/mol. The van der Waals surface area contributed by atoms with Gasteiger partial charge in [0.15, 0.2) is 0 Å². The fourth-order valence-corrected chi connectivity index (χ4v) is 2.22. The van der Waals surface area contributed by atoms with Crippen molar-refractivity contribution < 1.29 is 5.11 Å². The Balaban J connectivity index is 2.60. The zero-order chi connectivity index (χ0) is 8.72. The van der Waals surface area contributed by atoms with Crippen molar-refractivity contribution in [3.63, 3.8) is 0 Å². The molecular weight excluding hydrogens is 195 g/mol. The van der Waals surface area contributed by atoms with Crippen LogP contribution in [0.5, 0.6) is 0 Å². The summed E-state index contributed by atoms with van der Waals surface area (Å²) >= 11 is 11.7. The molecule has 0 saturated carbocycles. The van der Waals surface area contributed by atoms with Gasteiger partial charge in [0.1, 0.15) is 0 Å². The molecule has 0 unspecified atom stereocenters. The first-order chi connectivity index (χ1) is 5.68. The molecule has 1 aromatic rings. The Labute approximate surface area is 80.9 Å². The van der Waals surface area contributed by atoms with Crippen LogP contribution in [0.25, 0.3) is 0 Å². The second kappa shape index (κ2) is 2.91. The third kappa shape index (κ3) is 1.22. The summed E-state index contributed by atoms with van der Waals surface area (Å²) in [6, 6.07) is 3.51. The molecule has 3 heteroatoms. The van der Waals surface area contributed by atoms with Gasteiger partial charge in [-0.05, 0) is 36.1 Å². The van der Waals surface area contributed by atoms with Crippen LogP contribution in [0.3, 0.4) is 0 Å². The van der Waals surface area contributed by atoms with Gasteiger partial charge in [-0.3, -0.25) is 0 Å². The SMILES string of the molecule is O[C@@H]1CCc2c(Cl)cc(Cl)cc21. The van der Waals surface area contributed by atoms with Crippen molar-refractivity contribution in [1.82, 2.24) is 0 Å². The van der Waals surface area contributed by atoms with Crippen LogP contribution in [0.1, 0.15) is 23.7 Å². The number of aliphatic hydroxyl groups excluding tert-OH is 1. The third-order valence-electron chi connectivity index (χ3n) is 2.22. The van der Waals surface area contributed by atoms with E-state index in [9.17, 15) is 5.11 Å². The van der Waals surface area contributed by atoms with Crippen LogP contribution in [-0.4, -0.2) is 5.11 Å². The van der Waals surface area contributed by atoms with E-state index in [-0.39, 0.29) is 6.10 Å². The number of aliphatic hydroxyl groups is 1. The first kappa shape index (κ1) is 8.36. The fraction of sp³-hybridized carbons (Fsp3) is 0.333. The van der Waals surface area contributed by atoms with Crippen molar-refractivity contribution in [3.05, 3.63) is 33.3 Å². The van der Waals surface area contributed by atoms with E-state index in [1.54, 1.807) is 12.1 Å². The van der Waals surface area contributed by atoms with Crippen LogP contribution in [-0.2, 0) is 6.42 Å². The minimum absolute atomic E-state index is 0.379. The fourth-order valence-electron chi connectivity index (χ4n) is 1.62. The molecular formula is C9H8Cl2O. The number of rotatable bonds is 0. The van der Waals surface area contributed by atoms with Crippen molar-refractivity contribution >= 4 is 23.2 Å². The number of hydrogen-bond donors (Lipinski definition) is 1. The van der Waals surface area contributed by atoms with Gasteiger partial charge in [-0.2, -0.15) is 0 Å². The third-order valence-corrected chi connectivity index (χ3v) is 2.78. The quantitative estimate of drug-likeness (QED) is 0.687. The van der Waals surface area contributed by atoms with Gasteiger partial charge in [-0.1, -0.05) is 23.2 Å². The topological polar surface area (TPSA) is 20.2 Å². The summed E-state index contributed by atoms with van der Waals surface area (Å²) in [6.07, 6.45) is 1.23. The van der Waals surface area contributed by atoms with Crippen molar-refractivity contribution in [2.75, 3.05) is 0 Å². The van der Waals surface area contributed by atoms with Crippen LogP contribution >= 0.6 is 23.2 Å². The maximum Gasteiger partial charge on any atom is 0.0796 e. The molecule has 1 aliphatic carbocycles. The lowest BCUT2D eigenvalue weighted by Crippen LogP contribution is -1.90. The number of benzene rings is 1. The van der Waals surface area contributed by atoms with E-state index in [4.69, 9.17) is 23.2 Å². The first-order valence-electron chi connectivity index (χ1n) is 3.84. The molecule has 64 valence electrons. The van der Waals surface area contributed by atoms with Gasteiger partial charge in [-0.25, -0.2) is 0 Å². The Hall–Kier alpha value is -0.240. The van der Waals surface area contributed by atoms with Gasteiger partial charge in [0.05, 0.1) is 6.10 Å². The Morgan fingerprint density at radius 2 is 2.08 bits per heavy atom. The predicted molar refractivity (Wildman–Crippen MR) is 49.7 cm³/mol. The highest BCUT2D eigenvalue weighted by molar-refractivity contribution is 6.35. The molecule has 0 aliphatic heterocycles. The predicted octanol–water partition coefficient (Wildman–Crippen LogP) is 2.97. The van der Waals surface area contributed by atoms with E-state index in [0.717, 1.165) is 24.0 Å². The molecule has 0 saturated heterocycles. The zero-order valence-electron chi connectivity index (χ0n) is 6.35. The van der Waals surface area contributed by atoms with Crippen molar-refractivity contribution in [1.29, 1.82) is 0 Å². The largest absolute Gasteiger partial charge is 0.388 e. The average Bonchev–Trinajstić information content (AvgIpc) is 2.33. The molecule has 1 aromatic carbocycles. The highest BCUT2D eigenvalue weighted by atomic mass is 35.5. The minimum atomic E-state index is -0.379. The summed E-state index contributed by atoms with van der Waals surface area (Å²) in [5.41, 5.74) is 1.95. The molecule has 0 amide bonds. The molecule has 0 fully saturated rings. The number of fused-ring (bicyclic) bond motifs is 1. The van der Waals surface area contributed by atoms with E-state index >= 15 is 0 Å². The lowest BCUT2D eigenvalue weighted by Gasteiger charge is -2.05. The number of hydrogen-bond acceptors (Lipinski definition) is 1. The second-order valence-corrected chi connectivity index (χ2v) is 3.85. The van der Waals surface area contributed by atoms with Crippen LogP contribution in [0.4, 0.5) is 0 Å². The standard InChI is InChI=1S/C9H8Cl2O/c10-5-3-7-6(8(11)4-5)1-2-9(7)12/h3-4,9,12H,1-2H2/t9-/m1/s1. The zero-order valence-corrected chi connectivity index (χ0v) is 7.86. The molecule has 1 nitrogen and oxygen atoms in total. The van der Waals surface area contributed by atoms with Gasteiger partial charge in [0.2, 0.25) is 0 Å². The maximum absolute atomic E-state index is 9.51. The minimum Gasteiger partial charge on any atom is -0.388 e. The highest BCUT2D eigenvalue weighted by Crippen LogP contribution is 2.37. The Morgan fingerprint density at radius 3 is 2.83 bits per heavy atom. The van der Waals surface area contributed by atoms with Crippen LogP contribution in [0, 0.1) is 0 Å². The second-order valence-electron chi connectivity index (χ2n) is 3.01. The molecule has 1 N–H and O–H groups in total. The summed E-state index contributed by atoms with van der Waals surface area (Å²) in [7, 11) is 0. The molecule has 0 spiro atoms. The molecule has 2 rings (SSSR count). The van der Waals surface area contributed by atoms with Crippen LogP contribution < -0.4 is 0 Å². The Kier molecular flexibility index (Phi) is 2.03. The van der Waals surface area contributed by atoms with Gasteiger partial charge in [-0.15, -0.1) is 0 Å². The smallest absolute Gasteiger partial charge is 0.0796 e. The lowest BCUT2D eigenvalue weighted by atomic mass is 10.1. The first-order valence-corrected chi connectivity index (χ1v) is 4.60. The van der Waals surface area contributed by atoms with E-state index in [1.807, 2.05) is 0 Å². The molecule has 0 bridgehead atoms. The summed E-state index contributed by atoms with van der Waals surface area (Å²) < 4.78 is 0. The lowest BCUT2D eigenvalue weighted by molar-refractivity contribution is 0.180. The highest BCUT2D eigenvalue weighted by Gasteiger charge is 2.22. The van der Waals surface area contributed by atoms with Gasteiger partial charge in [0.25, 0.3) is 0 Å². The normalized spacial score (nSPS) is 21.1. The van der Waals surface area contributed by atoms with Crippen molar-refractivity contribution in [3.8, 4) is 0 Å². The Morgan fingerprint density at radius 1 is 1.33 bits per heavy atom. The van der Waals surface area contributed by atoms with Gasteiger partial charge < -0.3 is 5.11 Å². The average molecular weight is 203 g/mol. The number of halogens is 2. The van der Waals surface area contributed by atoms with Crippen LogP contribution in [0.2, 0.25) is 10.0 Å². The summed E-state index contributed by atoms with van der Waals surface area (Å²) in [6.45, 7) is 0. The molecule has 12 heavy (non-hydrogen) atoms. The summed E-state index contributed by atoms with van der Waals surface area (Å²) in [5.74, 6) is 0. The maximum atomic E-state index is 9.51. The molecule has 1 aliphatic rings. The van der Waals surface area contributed by atoms with Crippen molar-refractivity contribution in [2.45, 2.75) is 18.9 Å². The van der Waals surface area contributed by atoms with Gasteiger partial charge in [0, 0.05) is 10.0 Å². The van der Waals surface area contributed by atoms with Crippen LogP contribution in [0.15, 0.2) is 12.1 Å².